The number of rotatable bonds is 13. The van der Waals surface area contributed by atoms with E-state index >= 15 is 0 Å². The van der Waals surface area contributed by atoms with Gasteiger partial charge in [-0.3, -0.25) is 24.1 Å². The van der Waals surface area contributed by atoms with E-state index in [0.29, 0.717) is 36.2 Å². The van der Waals surface area contributed by atoms with E-state index < -0.39 is 57.9 Å². The van der Waals surface area contributed by atoms with Crippen LogP contribution in [0.25, 0.3) is 0 Å². The quantitative estimate of drug-likeness (QED) is 0.0639. The number of carbonyl (C=O) groups is 6. The number of β-lactam (4-membered cyclic amide) rings is 1. The van der Waals surface area contributed by atoms with Gasteiger partial charge in [0, 0.05) is 41.5 Å². The van der Waals surface area contributed by atoms with Crippen molar-refractivity contribution in [3.05, 3.63) is 45.6 Å². The van der Waals surface area contributed by atoms with Crippen molar-refractivity contribution in [2.24, 2.45) is 11.1 Å². The number of phenolic OH excluding ortho intramolecular Hbond substituents is 2. The van der Waals surface area contributed by atoms with Crippen LogP contribution in [0, 0.1) is 5.92 Å². The maximum absolute atomic E-state index is 13.6. The van der Waals surface area contributed by atoms with E-state index in [1.807, 2.05) is 0 Å². The number of ketones is 2. The first-order valence-corrected chi connectivity index (χ1v) is 18.3. The second kappa shape index (κ2) is 13.8. The predicted molar refractivity (Wildman–Crippen MR) is 186 cm³/mol. The minimum atomic E-state index is -1.77. The first-order chi connectivity index (χ1) is 24.5. The lowest BCUT2D eigenvalue weighted by atomic mass is 9.89. The molecule has 1 aromatic carbocycles. The third kappa shape index (κ3) is 6.82. The van der Waals surface area contributed by atoms with Crippen molar-refractivity contribution in [2.45, 2.75) is 44.1 Å². The van der Waals surface area contributed by atoms with Crippen molar-refractivity contribution in [3.63, 3.8) is 0 Å². The van der Waals surface area contributed by atoms with Gasteiger partial charge in [0.25, 0.3) is 5.91 Å². The van der Waals surface area contributed by atoms with Crippen LogP contribution < -0.4 is 5.73 Å². The fraction of sp³-hybridized carbons (Fsp3) is 0.455. The van der Waals surface area contributed by atoms with Crippen LogP contribution in [-0.2, 0) is 24.0 Å². The largest absolute Gasteiger partial charge is 0.504 e. The lowest BCUT2D eigenvalue weighted by molar-refractivity contribution is -0.911. The summed E-state index contributed by atoms with van der Waals surface area (Å²) in [4.78, 5) is 89.4. The molecule has 276 valence electrons. The Morgan fingerprint density at radius 3 is 2.38 bits per heavy atom. The molecule has 4 aliphatic rings. The zero-order valence-electron chi connectivity index (χ0n) is 28.2. The van der Waals surface area contributed by atoms with Gasteiger partial charge in [-0.2, -0.15) is 0 Å². The molecule has 0 bridgehead atoms. The van der Waals surface area contributed by atoms with E-state index in [1.165, 1.54) is 40.8 Å². The second-order valence-electron chi connectivity index (χ2n) is 13.7. The molecule has 17 nitrogen and oxygen atoms in total. The van der Waals surface area contributed by atoms with E-state index in [-0.39, 0.29) is 64.4 Å². The molecule has 6 N–H and O–H groups in total. The van der Waals surface area contributed by atoms with Gasteiger partial charge >= 0.3 is 11.9 Å². The zero-order chi connectivity index (χ0) is 37.7. The number of anilines is 1. The summed E-state index contributed by atoms with van der Waals surface area (Å²) in [6.45, 7) is 4.59. The molecule has 2 amide bonds. The van der Waals surface area contributed by atoms with Crippen LogP contribution in [0.15, 0.2) is 33.9 Å². The number of thioether (sulfide) groups is 1. The van der Waals surface area contributed by atoms with Crippen LogP contribution in [0.2, 0.25) is 0 Å². The van der Waals surface area contributed by atoms with Crippen LogP contribution in [-0.4, -0.2) is 137 Å². The molecule has 4 aliphatic heterocycles. The highest BCUT2D eigenvalue weighted by molar-refractivity contribution is 8.00. The van der Waals surface area contributed by atoms with E-state index in [0.717, 1.165) is 36.3 Å². The van der Waals surface area contributed by atoms with Crippen LogP contribution in [0.5, 0.6) is 11.5 Å². The number of aromatic hydroxyl groups is 2. The molecule has 1 aromatic heterocycles. The Hall–Kier alpha value is -5.01. The number of phenols is 2. The van der Waals surface area contributed by atoms with Crippen molar-refractivity contribution < 1.29 is 58.5 Å². The molecule has 2 aromatic rings. The lowest BCUT2D eigenvalue weighted by Gasteiger charge is -2.50. The highest BCUT2D eigenvalue weighted by Gasteiger charge is 2.55. The summed E-state index contributed by atoms with van der Waals surface area (Å²) in [7, 11) is 0. The molecule has 0 aliphatic carbocycles. The summed E-state index contributed by atoms with van der Waals surface area (Å²) in [6, 6.07) is 2.17. The Kier molecular flexibility index (Phi) is 9.79. The molecule has 2 atom stereocenters. The number of carboxylic acids is 2. The number of benzene rings is 1. The average Bonchev–Trinajstić information content (AvgIpc) is 3.74. The van der Waals surface area contributed by atoms with Crippen LogP contribution in [0.3, 0.4) is 0 Å². The number of fused-ring (bicyclic) bond motifs is 2. The first kappa shape index (κ1) is 36.8. The normalized spacial score (nSPS) is 21.5. The minimum Gasteiger partial charge on any atom is -0.504 e. The molecule has 6 rings (SSSR count). The van der Waals surface area contributed by atoms with Gasteiger partial charge in [-0.15, -0.1) is 23.1 Å². The third-order valence-electron chi connectivity index (χ3n) is 9.83. The van der Waals surface area contributed by atoms with E-state index in [4.69, 9.17) is 10.6 Å². The van der Waals surface area contributed by atoms with Crippen molar-refractivity contribution in [1.29, 1.82) is 0 Å². The van der Waals surface area contributed by atoms with Gasteiger partial charge in [0.1, 0.15) is 17.9 Å². The lowest BCUT2D eigenvalue weighted by Crippen LogP contribution is -2.63. The molecule has 52 heavy (non-hydrogen) atoms. The Bertz CT molecular complexity index is 1950. The number of nitrogens with zero attached hydrogens (tertiary/aromatic N) is 5. The van der Waals surface area contributed by atoms with Crippen molar-refractivity contribution in [2.75, 3.05) is 50.8 Å². The molecule has 19 heteroatoms. The molecule has 5 heterocycles. The maximum atomic E-state index is 13.6. The number of hydrogen-bond donors (Lipinski definition) is 5. The molecular formula is C33H37N6O11S2+. The number of likely N-dealkylation sites (tertiary alicyclic amines) is 1. The summed E-state index contributed by atoms with van der Waals surface area (Å²) in [5, 5.41) is 44.3. The summed E-state index contributed by atoms with van der Waals surface area (Å²) in [5.41, 5.74) is 4.17. The van der Waals surface area contributed by atoms with Gasteiger partial charge in [-0.1, -0.05) is 5.16 Å². The summed E-state index contributed by atoms with van der Waals surface area (Å²) < 4.78 is 0.441. The number of aliphatic carboxylic acids is 2. The van der Waals surface area contributed by atoms with Gasteiger partial charge in [-0.05, 0) is 26.0 Å². The van der Waals surface area contributed by atoms with Crippen molar-refractivity contribution in [1.82, 2.24) is 14.8 Å². The molecular weight excluding hydrogens is 721 g/mol. The van der Waals surface area contributed by atoms with Crippen molar-refractivity contribution in [3.8, 4) is 11.5 Å². The minimum absolute atomic E-state index is 0.000167. The average molecular weight is 758 g/mol. The molecule has 0 unspecified atom stereocenters. The van der Waals surface area contributed by atoms with Gasteiger partial charge in [0.15, 0.2) is 33.9 Å². The number of amides is 2. The number of aromatic nitrogens is 1. The molecule has 0 spiro atoms. The highest BCUT2D eigenvalue weighted by atomic mass is 32.2. The van der Waals surface area contributed by atoms with Gasteiger partial charge in [0.05, 0.1) is 49.6 Å². The summed E-state index contributed by atoms with van der Waals surface area (Å²) in [5.74, 6) is -6.26. The Morgan fingerprint density at radius 1 is 1.10 bits per heavy atom. The second-order valence-corrected chi connectivity index (χ2v) is 15.7. The first-order valence-electron chi connectivity index (χ1n) is 16.4. The Morgan fingerprint density at radius 2 is 1.77 bits per heavy atom. The summed E-state index contributed by atoms with van der Waals surface area (Å²) in [6.07, 6.45) is 1.37. The number of Topliss-reactive ketones (excluding diaryl/α,β-unsaturated/α-hetero) is 2. The maximum Gasteiger partial charge on any atom is 0.352 e. The number of oxime groups is 1. The molecule has 0 radical (unpaired) electrons. The van der Waals surface area contributed by atoms with Gasteiger partial charge in [-0.25, -0.2) is 14.6 Å². The highest BCUT2D eigenvalue weighted by Crippen LogP contribution is 2.46. The van der Waals surface area contributed by atoms with Gasteiger partial charge < -0.3 is 40.4 Å². The third-order valence-corrected chi connectivity index (χ3v) is 11.9. The van der Waals surface area contributed by atoms with Crippen molar-refractivity contribution >= 4 is 69.3 Å². The Balaban J connectivity index is 1.18. The number of quaternary nitrogens is 1. The van der Waals surface area contributed by atoms with Crippen LogP contribution in [0.1, 0.15) is 59.5 Å². The zero-order valence-corrected chi connectivity index (χ0v) is 29.9. The van der Waals surface area contributed by atoms with E-state index in [2.05, 4.69) is 10.1 Å². The predicted octanol–water partition coefficient (Wildman–Crippen LogP) is 1.50. The molecule has 2 saturated heterocycles. The fourth-order valence-corrected chi connectivity index (χ4v) is 8.89. The molecule has 0 saturated carbocycles. The standard InChI is InChI=1S/C33H36N6O11S2/c1-33(2,31(48)49)50-36-25(20-15-52-32(34)35-20)23(42)11-19-28(45)38-26(30(46)47)16(14-51-29(19)38)13-39(6-3-4-7-39)8-5-37-12-24(43)17-9-21(40)22(41)10-18(17)27(37)44/h9-10,15,19,29H,3-8,11-14H2,1-2H3,(H5-,34,35,36,40,41,42,43,44,46,47,48,49)/p+1/t19-,29-/m1/s1. The number of thiazole rings is 1. The van der Waals surface area contributed by atoms with E-state index in [9.17, 15) is 49.2 Å². The Labute approximate surface area is 304 Å². The SMILES string of the molecule is CC(C)(O/N=C(\C(=O)C[C@@H]1C(=O)N2C(C(=O)O)=C(C[N+]3(CCN4CC(=O)c5cc(O)c(O)cc5C4=O)CCCC3)CS[C@H]12)c1csc(N)n1)C(=O)O. The van der Waals surface area contributed by atoms with Crippen LogP contribution >= 0.6 is 23.1 Å². The number of carbonyl (C=O) groups excluding carboxylic acids is 4. The molecule has 2 fully saturated rings. The number of hydrogen-bond acceptors (Lipinski definition) is 14. The van der Waals surface area contributed by atoms with E-state index in [1.54, 1.807) is 0 Å². The topological polar surface area (TPSA) is 250 Å². The number of carboxylic acid groups (broad SMARTS) is 2. The van der Waals surface area contributed by atoms with Crippen LogP contribution in [0.4, 0.5) is 5.13 Å². The van der Waals surface area contributed by atoms with Gasteiger partial charge in [0.2, 0.25) is 11.5 Å². The smallest absolute Gasteiger partial charge is 0.352 e. The monoisotopic (exact) mass is 757 g/mol. The number of nitrogens with two attached hydrogens (primary N) is 1. The fourth-order valence-electron chi connectivity index (χ4n) is 6.94. The summed E-state index contributed by atoms with van der Waals surface area (Å²) >= 11 is 2.37. The number of nitrogen functional groups attached to an aromatic ring is 1.